The molecule has 1 aromatic heterocycles. The van der Waals surface area contributed by atoms with Gasteiger partial charge in [-0.15, -0.1) is 10.2 Å². The molecular weight excluding hydrogens is 285 g/mol. The number of halogens is 1. The van der Waals surface area contributed by atoms with E-state index in [-0.39, 0.29) is 29.5 Å². The van der Waals surface area contributed by atoms with Gasteiger partial charge in [-0.25, -0.2) is 4.39 Å². The van der Waals surface area contributed by atoms with Crippen molar-refractivity contribution >= 4 is 5.91 Å². The second kappa shape index (κ2) is 5.19. The lowest BCUT2D eigenvalue weighted by Crippen LogP contribution is -2.29. The largest absolute Gasteiger partial charge is 0.420 e. The Morgan fingerprint density at radius 1 is 1.23 bits per heavy atom. The molecule has 6 heteroatoms. The molecule has 1 aromatic carbocycles. The van der Waals surface area contributed by atoms with E-state index in [2.05, 4.69) is 10.2 Å². The Bertz CT molecular complexity index is 711. The van der Waals surface area contributed by atoms with E-state index in [1.165, 1.54) is 6.07 Å². The van der Waals surface area contributed by atoms with Gasteiger partial charge in [-0.1, -0.05) is 12.1 Å². The highest BCUT2D eigenvalue weighted by Gasteiger charge is 2.38. The highest BCUT2D eigenvalue weighted by molar-refractivity contribution is 5.81. The van der Waals surface area contributed by atoms with Crippen molar-refractivity contribution in [3.05, 3.63) is 36.0 Å². The summed E-state index contributed by atoms with van der Waals surface area (Å²) in [6.45, 7) is 1.35. The summed E-state index contributed by atoms with van der Waals surface area (Å²) in [4.78, 5) is 13.9. The van der Waals surface area contributed by atoms with E-state index in [1.807, 2.05) is 4.90 Å². The maximum atomic E-state index is 13.7. The summed E-state index contributed by atoms with van der Waals surface area (Å²) < 4.78 is 19.4. The van der Waals surface area contributed by atoms with E-state index in [9.17, 15) is 9.18 Å². The van der Waals surface area contributed by atoms with E-state index in [4.69, 9.17) is 4.42 Å². The van der Waals surface area contributed by atoms with E-state index in [0.29, 0.717) is 18.0 Å². The highest BCUT2D eigenvalue weighted by atomic mass is 19.1. The minimum atomic E-state index is -0.380. The Balaban J connectivity index is 1.50. The molecule has 1 saturated carbocycles. The van der Waals surface area contributed by atoms with Crippen molar-refractivity contribution in [3.8, 4) is 11.5 Å². The molecule has 2 heterocycles. The van der Waals surface area contributed by atoms with Crippen molar-refractivity contribution in [2.45, 2.75) is 25.2 Å². The summed E-state index contributed by atoms with van der Waals surface area (Å²) in [5.74, 6) is 0.835. The Morgan fingerprint density at radius 3 is 2.82 bits per heavy atom. The van der Waals surface area contributed by atoms with Gasteiger partial charge in [0.25, 0.3) is 5.89 Å². The number of carbonyl (C=O) groups excluding carboxylic acids is 1. The number of nitrogens with zero attached hydrogens (tertiary/aromatic N) is 3. The van der Waals surface area contributed by atoms with Gasteiger partial charge >= 0.3 is 0 Å². The zero-order chi connectivity index (χ0) is 15.1. The van der Waals surface area contributed by atoms with Crippen molar-refractivity contribution in [3.63, 3.8) is 0 Å². The van der Waals surface area contributed by atoms with Gasteiger partial charge in [-0.2, -0.15) is 0 Å². The van der Waals surface area contributed by atoms with E-state index in [0.717, 1.165) is 25.8 Å². The lowest BCUT2D eigenvalue weighted by Gasteiger charge is -2.14. The van der Waals surface area contributed by atoms with Crippen LogP contribution in [0.15, 0.2) is 28.7 Å². The van der Waals surface area contributed by atoms with Crippen molar-refractivity contribution in [1.29, 1.82) is 0 Å². The summed E-state index contributed by atoms with van der Waals surface area (Å²) >= 11 is 0. The second-order valence-electron chi connectivity index (χ2n) is 5.97. The fourth-order valence-electron chi connectivity index (χ4n) is 2.89. The number of benzene rings is 1. The third-order valence-corrected chi connectivity index (χ3v) is 4.32. The number of carbonyl (C=O) groups is 1. The number of likely N-dealkylation sites (tertiary alicyclic amines) is 1. The van der Waals surface area contributed by atoms with Gasteiger partial charge in [0, 0.05) is 19.0 Å². The molecular formula is C16H16FN3O2. The first-order valence-corrected chi connectivity index (χ1v) is 7.59. The molecule has 2 aromatic rings. The molecule has 2 fully saturated rings. The van der Waals surface area contributed by atoms with Crippen LogP contribution in [-0.4, -0.2) is 34.1 Å². The monoisotopic (exact) mass is 301 g/mol. The molecule has 5 nitrogen and oxygen atoms in total. The zero-order valence-electron chi connectivity index (χ0n) is 12.0. The summed E-state index contributed by atoms with van der Waals surface area (Å²) in [6, 6.07) is 6.33. The molecule has 0 radical (unpaired) electrons. The van der Waals surface area contributed by atoms with Gasteiger partial charge in [-0.3, -0.25) is 4.79 Å². The first kappa shape index (κ1) is 13.4. The van der Waals surface area contributed by atoms with Gasteiger partial charge in [0.1, 0.15) is 5.82 Å². The van der Waals surface area contributed by atoms with E-state index >= 15 is 0 Å². The molecule has 22 heavy (non-hydrogen) atoms. The van der Waals surface area contributed by atoms with Crippen molar-refractivity contribution in [1.82, 2.24) is 15.1 Å². The van der Waals surface area contributed by atoms with Crippen LogP contribution in [0, 0.1) is 11.7 Å². The molecule has 2 aliphatic rings. The maximum Gasteiger partial charge on any atom is 0.250 e. The van der Waals surface area contributed by atoms with Crippen LogP contribution in [0.4, 0.5) is 4.39 Å². The summed E-state index contributed by atoms with van der Waals surface area (Å²) in [7, 11) is 0. The Morgan fingerprint density at radius 2 is 2.05 bits per heavy atom. The van der Waals surface area contributed by atoms with Crippen LogP contribution in [-0.2, 0) is 4.79 Å². The highest BCUT2D eigenvalue weighted by Crippen LogP contribution is 2.35. The number of aromatic nitrogens is 2. The molecule has 4 rings (SSSR count). The summed E-state index contributed by atoms with van der Waals surface area (Å²) in [5.41, 5.74) is 0.310. The molecule has 0 spiro atoms. The van der Waals surface area contributed by atoms with Crippen LogP contribution in [0.25, 0.3) is 11.5 Å². The van der Waals surface area contributed by atoms with Crippen molar-refractivity contribution < 1.29 is 13.6 Å². The van der Waals surface area contributed by atoms with Crippen LogP contribution >= 0.6 is 0 Å². The standard InChI is InChI=1S/C16H16FN3O2/c17-13-4-2-1-3-12(13)15-19-18-14(22-15)11-7-8-20(9-11)16(21)10-5-6-10/h1-4,10-11H,5-9H2/t11-/m0/s1. The Labute approximate surface area is 127 Å². The lowest BCUT2D eigenvalue weighted by atomic mass is 10.1. The third-order valence-electron chi connectivity index (χ3n) is 4.32. The zero-order valence-corrected chi connectivity index (χ0v) is 12.0. The minimum absolute atomic E-state index is 0.0516. The van der Waals surface area contributed by atoms with Crippen LogP contribution in [0.2, 0.25) is 0 Å². The summed E-state index contributed by atoms with van der Waals surface area (Å²) in [6.07, 6.45) is 2.84. The number of hydrogen-bond donors (Lipinski definition) is 0. The topological polar surface area (TPSA) is 59.2 Å². The van der Waals surface area contributed by atoms with Gasteiger partial charge in [0.15, 0.2) is 0 Å². The van der Waals surface area contributed by atoms with Gasteiger partial charge < -0.3 is 9.32 Å². The number of rotatable bonds is 3. The summed E-state index contributed by atoms with van der Waals surface area (Å²) in [5, 5.41) is 8.00. The molecule has 1 amide bonds. The fourth-order valence-corrected chi connectivity index (χ4v) is 2.89. The van der Waals surface area contributed by atoms with Gasteiger partial charge in [-0.05, 0) is 31.4 Å². The molecule has 1 aliphatic carbocycles. The Kier molecular flexibility index (Phi) is 3.17. The van der Waals surface area contributed by atoms with Crippen LogP contribution < -0.4 is 0 Å². The predicted octanol–water partition coefficient (Wildman–Crippen LogP) is 2.60. The Hall–Kier alpha value is -2.24. The molecule has 1 saturated heterocycles. The first-order valence-electron chi connectivity index (χ1n) is 7.59. The quantitative estimate of drug-likeness (QED) is 0.874. The lowest BCUT2D eigenvalue weighted by molar-refractivity contribution is -0.131. The number of hydrogen-bond acceptors (Lipinski definition) is 4. The van der Waals surface area contributed by atoms with Crippen LogP contribution in [0.5, 0.6) is 0 Å². The number of amides is 1. The molecule has 0 bridgehead atoms. The average molecular weight is 301 g/mol. The van der Waals surface area contributed by atoms with Gasteiger partial charge in [0.05, 0.1) is 11.5 Å². The normalized spacial score (nSPS) is 21.3. The molecule has 1 aliphatic heterocycles. The van der Waals surface area contributed by atoms with Gasteiger partial charge in [0.2, 0.25) is 11.8 Å². The average Bonchev–Trinajstić information content (AvgIpc) is 3.07. The minimum Gasteiger partial charge on any atom is -0.420 e. The van der Waals surface area contributed by atoms with Crippen LogP contribution in [0.1, 0.15) is 31.1 Å². The van der Waals surface area contributed by atoms with Crippen LogP contribution in [0.3, 0.4) is 0 Å². The molecule has 0 unspecified atom stereocenters. The smallest absolute Gasteiger partial charge is 0.250 e. The van der Waals surface area contributed by atoms with Crippen molar-refractivity contribution in [2.24, 2.45) is 5.92 Å². The third kappa shape index (κ3) is 2.38. The van der Waals surface area contributed by atoms with E-state index < -0.39 is 0 Å². The van der Waals surface area contributed by atoms with Crippen molar-refractivity contribution in [2.75, 3.05) is 13.1 Å². The predicted molar refractivity (Wildman–Crippen MR) is 76.4 cm³/mol. The fraction of sp³-hybridized carbons (Fsp3) is 0.438. The second-order valence-corrected chi connectivity index (χ2v) is 5.97. The maximum absolute atomic E-state index is 13.7. The molecule has 0 N–H and O–H groups in total. The SMILES string of the molecule is O=C(C1CC1)N1CC[C@H](c2nnc(-c3ccccc3F)o2)C1. The first-order chi connectivity index (χ1) is 10.7. The molecule has 1 atom stereocenters. The molecule has 114 valence electrons. The van der Waals surface area contributed by atoms with E-state index in [1.54, 1.807) is 18.2 Å².